The maximum absolute atomic E-state index is 12.4. The molecule has 2 aromatic carbocycles. The van der Waals surface area contributed by atoms with Crippen LogP contribution in [0.4, 0.5) is 10.5 Å². The molecule has 1 heterocycles. The van der Waals surface area contributed by atoms with Gasteiger partial charge >= 0.3 is 11.9 Å². The largest absolute Gasteiger partial charge is 0.497 e. The minimum absolute atomic E-state index is 0.230. The number of urea groups is 1. The summed E-state index contributed by atoms with van der Waals surface area (Å²) in [6.45, 7) is 0. The highest BCUT2D eigenvalue weighted by molar-refractivity contribution is 6.68. The van der Waals surface area contributed by atoms with Crippen LogP contribution in [0.1, 0.15) is 0 Å². The van der Waals surface area contributed by atoms with Gasteiger partial charge in [-0.1, -0.05) is 46.4 Å². The fraction of sp³-hybridized carbons (Fsp3) is 0.188. The van der Waals surface area contributed by atoms with Gasteiger partial charge in [0.2, 0.25) is 0 Å². The molecular weight excluding hydrogens is 426 g/mol. The Morgan fingerprint density at radius 1 is 1.08 bits per heavy atom. The quantitative estimate of drug-likeness (QED) is 0.665. The van der Waals surface area contributed by atoms with Crippen molar-refractivity contribution in [1.29, 1.82) is 0 Å². The zero-order chi connectivity index (χ0) is 18.9. The predicted molar refractivity (Wildman–Crippen MR) is 101 cm³/mol. The molecule has 0 saturated carbocycles. The zero-order valence-corrected chi connectivity index (χ0v) is 16.2. The van der Waals surface area contributed by atoms with Crippen molar-refractivity contribution in [1.82, 2.24) is 5.32 Å². The van der Waals surface area contributed by atoms with Crippen molar-refractivity contribution in [3.8, 4) is 17.2 Å². The van der Waals surface area contributed by atoms with E-state index in [9.17, 15) is 4.79 Å². The van der Waals surface area contributed by atoms with E-state index in [0.29, 0.717) is 16.5 Å². The molecule has 0 fully saturated rings. The van der Waals surface area contributed by atoms with Gasteiger partial charge in [0.05, 0.1) is 7.11 Å². The minimum Gasteiger partial charge on any atom is -0.497 e. The molecule has 1 atom stereocenters. The van der Waals surface area contributed by atoms with E-state index in [1.54, 1.807) is 43.5 Å². The van der Waals surface area contributed by atoms with Gasteiger partial charge < -0.3 is 19.5 Å². The van der Waals surface area contributed by atoms with Gasteiger partial charge in [0.1, 0.15) is 5.75 Å². The van der Waals surface area contributed by atoms with E-state index in [1.807, 2.05) is 0 Å². The fourth-order valence-corrected chi connectivity index (χ4v) is 2.74. The van der Waals surface area contributed by atoms with E-state index >= 15 is 0 Å². The van der Waals surface area contributed by atoms with E-state index < -0.39 is 15.7 Å². The Morgan fingerprint density at radius 2 is 1.73 bits per heavy atom. The average Bonchev–Trinajstić information content (AvgIpc) is 2.93. The van der Waals surface area contributed by atoms with Crippen molar-refractivity contribution in [2.24, 2.45) is 0 Å². The number of hydrogen-bond acceptors (Lipinski definition) is 4. The molecule has 26 heavy (non-hydrogen) atoms. The Kier molecular flexibility index (Phi) is 5.21. The molecule has 2 amide bonds. The van der Waals surface area contributed by atoms with Crippen molar-refractivity contribution in [3.63, 3.8) is 0 Å². The average molecular weight is 438 g/mol. The van der Waals surface area contributed by atoms with E-state index in [-0.39, 0.29) is 11.5 Å². The van der Waals surface area contributed by atoms with Crippen LogP contribution in [0.2, 0.25) is 5.02 Å². The molecule has 10 heteroatoms. The Bertz CT molecular complexity index is 826. The van der Waals surface area contributed by atoms with E-state index in [4.69, 9.17) is 60.6 Å². The van der Waals surface area contributed by atoms with E-state index in [0.717, 1.165) is 0 Å². The maximum atomic E-state index is 12.4. The van der Waals surface area contributed by atoms with Gasteiger partial charge in [0.15, 0.2) is 11.5 Å². The predicted octanol–water partition coefficient (Wildman–Crippen LogP) is 4.97. The van der Waals surface area contributed by atoms with Gasteiger partial charge in [-0.05, 0) is 36.4 Å². The lowest BCUT2D eigenvalue weighted by Crippen LogP contribution is -2.64. The summed E-state index contributed by atoms with van der Waals surface area (Å²) in [6, 6.07) is 10.5. The molecule has 3 rings (SSSR count). The first-order chi connectivity index (χ1) is 12.2. The first kappa shape index (κ1) is 19.0. The molecular formula is C16H12Cl4N2O4. The number of carbonyl (C=O) groups excluding carboxylic acids is 1. The Balaban J connectivity index is 1.78. The van der Waals surface area contributed by atoms with Gasteiger partial charge in [0, 0.05) is 16.8 Å². The minimum atomic E-state index is -2.14. The summed E-state index contributed by atoms with van der Waals surface area (Å²) in [5.41, 5.74) is 0.487. The molecule has 1 aliphatic rings. The van der Waals surface area contributed by atoms with Gasteiger partial charge in [0.25, 0.3) is 3.79 Å². The van der Waals surface area contributed by atoms with Crippen LogP contribution in [-0.2, 0) is 0 Å². The number of methoxy groups -OCH3 is 1. The molecule has 0 unspecified atom stereocenters. The smallest absolute Gasteiger partial charge is 0.389 e. The lowest BCUT2D eigenvalue weighted by Gasteiger charge is -2.33. The Morgan fingerprint density at radius 3 is 2.35 bits per heavy atom. The number of ether oxygens (including phenoxy) is 3. The summed E-state index contributed by atoms with van der Waals surface area (Å²) in [5, 5.41) is 5.40. The molecule has 0 radical (unpaired) electrons. The number of carbonyl (C=O) groups is 1. The number of hydrogen-bond donors (Lipinski definition) is 2. The number of benzene rings is 2. The second kappa shape index (κ2) is 7.12. The molecule has 1 aliphatic heterocycles. The van der Waals surface area contributed by atoms with Crippen molar-refractivity contribution in [2.75, 3.05) is 12.4 Å². The van der Waals surface area contributed by atoms with Crippen LogP contribution in [0.15, 0.2) is 42.5 Å². The third-order valence-electron chi connectivity index (χ3n) is 3.41. The van der Waals surface area contributed by atoms with Crippen LogP contribution in [-0.4, -0.2) is 22.8 Å². The lowest BCUT2D eigenvalue weighted by molar-refractivity contribution is -0.0922. The molecule has 138 valence electrons. The van der Waals surface area contributed by atoms with Crippen LogP contribution in [0.5, 0.6) is 17.2 Å². The topological polar surface area (TPSA) is 68.8 Å². The summed E-state index contributed by atoms with van der Waals surface area (Å²) in [4.78, 5) is 12.4. The zero-order valence-electron chi connectivity index (χ0n) is 13.2. The lowest BCUT2D eigenvalue weighted by atomic mass is 10.3. The fourth-order valence-electron chi connectivity index (χ4n) is 2.20. The molecule has 0 spiro atoms. The van der Waals surface area contributed by atoms with Crippen molar-refractivity contribution >= 4 is 58.1 Å². The number of anilines is 1. The summed E-state index contributed by atoms with van der Waals surface area (Å²) in [7, 11) is 1.54. The number of fused-ring (bicyclic) bond motifs is 1. The van der Waals surface area contributed by atoms with Gasteiger partial charge in [-0.3, -0.25) is 5.32 Å². The number of alkyl halides is 3. The number of rotatable bonds is 3. The standard InChI is InChI=1S/C16H12Cl4N2O4/c1-24-11-5-3-10(4-6-11)21-14(23)22-16(15(18,19)20)25-12-7-2-9(17)8-13(12)26-16/h2-8H,1H3,(H2,21,22,23)/t16-/m0/s1. The molecule has 0 bridgehead atoms. The Labute approximate surface area is 169 Å². The van der Waals surface area contributed by atoms with Crippen molar-refractivity contribution < 1.29 is 19.0 Å². The molecule has 0 aromatic heterocycles. The highest BCUT2D eigenvalue weighted by atomic mass is 35.6. The number of amides is 2. The number of halogens is 4. The maximum Gasteiger partial charge on any atom is 0.389 e. The SMILES string of the molecule is COc1ccc(NC(=O)N[C@@]2(C(Cl)(Cl)Cl)Oc3ccc(Cl)cc3O2)cc1. The van der Waals surface area contributed by atoms with Crippen molar-refractivity contribution in [3.05, 3.63) is 47.5 Å². The van der Waals surface area contributed by atoms with Crippen LogP contribution in [0.3, 0.4) is 0 Å². The first-order valence-corrected chi connectivity index (χ1v) is 8.71. The summed E-state index contributed by atoms with van der Waals surface area (Å²) in [6.07, 6.45) is 0. The van der Waals surface area contributed by atoms with Gasteiger partial charge in [-0.15, -0.1) is 0 Å². The van der Waals surface area contributed by atoms with Crippen LogP contribution in [0, 0.1) is 0 Å². The molecule has 2 N–H and O–H groups in total. The van der Waals surface area contributed by atoms with Gasteiger partial charge in [-0.2, -0.15) is 0 Å². The highest BCUT2D eigenvalue weighted by Gasteiger charge is 2.59. The second-order valence-electron chi connectivity index (χ2n) is 5.22. The third-order valence-corrected chi connectivity index (χ3v) is 4.39. The van der Waals surface area contributed by atoms with Crippen molar-refractivity contribution in [2.45, 2.75) is 9.70 Å². The molecule has 0 saturated heterocycles. The monoisotopic (exact) mass is 436 g/mol. The van der Waals surface area contributed by atoms with E-state index in [1.165, 1.54) is 6.07 Å². The summed E-state index contributed by atoms with van der Waals surface area (Å²) >= 11 is 23.9. The molecule has 2 aromatic rings. The normalized spacial score (nSPS) is 18.3. The molecule has 6 nitrogen and oxygen atoms in total. The molecule has 0 aliphatic carbocycles. The van der Waals surface area contributed by atoms with E-state index in [2.05, 4.69) is 10.6 Å². The van der Waals surface area contributed by atoms with Crippen LogP contribution >= 0.6 is 46.4 Å². The van der Waals surface area contributed by atoms with Gasteiger partial charge in [-0.25, -0.2) is 4.79 Å². The highest BCUT2D eigenvalue weighted by Crippen LogP contribution is 2.49. The van der Waals surface area contributed by atoms with Crippen LogP contribution < -0.4 is 24.8 Å². The summed E-state index contributed by atoms with van der Waals surface area (Å²) < 4.78 is 14.1. The second-order valence-corrected chi connectivity index (χ2v) is 7.93. The Hall–Kier alpha value is -1.73. The first-order valence-electron chi connectivity index (χ1n) is 7.20. The summed E-state index contributed by atoms with van der Waals surface area (Å²) in [5.74, 6) is -0.927. The van der Waals surface area contributed by atoms with Crippen LogP contribution in [0.25, 0.3) is 0 Å². The number of nitrogens with one attached hydrogen (secondary N) is 2. The third kappa shape index (κ3) is 3.83.